The second kappa shape index (κ2) is 6.76. The minimum absolute atomic E-state index is 0.505. The molecule has 2 fully saturated rings. The zero-order chi connectivity index (χ0) is 14.8. The maximum absolute atomic E-state index is 6.39. The van der Waals surface area contributed by atoms with E-state index < -0.39 is 0 Å². The second-order valence-corrected chi connectivity index (χ2v) is 7.30. The molecule has 0 amide bonds. The van der Waals surface area contributed by atoms with E-state index in [1.807, 2.05) is 19.1 Å². The molecule has 0 radical (unpaired) electrons. The van der Waals surface area contributed by atoms with Crippen LogP contribution >= 0.6 is 23.2 Å². The van der Waals surface area contributed by atoms with Gasteiger partial charge in [-0.05, 0) is 62.8 Å². The fourth-order valence-electron chi connectivity index (χ4n) is 3.85. The summed E-state index contributed by atoms with van der Waals surface area (Å²) in [4.78, 5) is 0. The first kappa shape index (κ1) is 15.5. The van der Waals surface area contributed by atoms with Crippen LogP contribution in [0.15, 0.2) is 12.1 Å². The van der Waals surface area contributed by atoms with Gasteiger partial charge in [0.15, 0.2) is 0 Å². The van der Waals surface area contributed by atoms with Gasteiger partial charge in [-0.15, -0.1) is 0 Å². The summed E-state index contributed by atoms with van der Waals surface area (Å²) in [6.45, 7) is 3.16. The molecule has 4 heteroatoms. The van der Waals surface area contributed by atoms with Gasteiger partial charge in [-0.1, -0.05) is 36.0 Å². The fraction of sp³-hybridized carbons (Fsp3) is 0.647. The van der Waals surface area contributed by atoms with E-state index in [0.29, 0.717) is 18.0 Å². The number of aryl methyl sites for hydroxylation is 1. The van der Waals surface area contributed by atoms with Gasteiger partial charge in [0, 0.05) is 17.1 Å². The molecule has 0 bridgehead atoms. The van der Waals surface area contributed by atoms with E-state index >= 15 is 0 Å². The molecular formula is C17H24Cl2N2. The van der Waals surface area contributed by atoms with E-state index in [1.165, 1.54) is 45.1 Å². The molecule has 3 rings (SSSR count). The van der Waals surface area contributed by atoms with Gasteiger partial charge in [-0.25, -0.2) is 0 Å². The number of halogens is 2. The standard InChI is InChI=1S/C17H24Cl2N2/c1-11-9-14(19)17(10-13(11)18)21-16-6-3-2-5-12(16)15-7-4-8-20-15/h9-10,12,15-16,20-21H,2-8H2,1H3. The van der Waals surface area contributed by atoms with Crippen molar-refractivity contribution in [3.63, 3.8) is 0 Å². The lowest BCUT2D eigenvalue weighted by molar-refractivity contribution is 0.263. The van der Waals surface area contributed by atoms with Crippen LogP contribution in [0.2, 0.25) is 10.0 Å². The van der Waals surface area contributed by atoms with Crippen LogP contribution in [0.1, 0.15) is 44.1 Å². The van der Waals surface area contributed by atoms with Crippen LogP contribution in [-0.4, -0.2) is 18.6 Å². The SMILES string of the molecule is Cc1cc(Cl)c(NC2CCCCC2C2CCCN2)cc1Cl. The molecule has 1 saturated carbocycles. The molecule has 1 aromatic rings. The third-order valence-corrected chi connectivity index (χ3v) is 5.74. The Hall–Kier alpha value is -0.440. The van der Waals surface area contributed by atoms with Gasteiger partial charge in [-0.3, -0.25) is 0 Å². The number of hydrogen-bond donors (Lipinski definition) is 2. The summed E-state index contributed by atoms with van der Waals surface area (Å²) in [6.07, 6.45) is 7.81. The monoisotopic (exact) mass is 326 g/mol. The Morgan fingerprint density at radius 2 is 1.86 bits per heavy atom. The van der Waals surface area contributed by atoms with Gasteiger partial charge < -0.3 is 10.6 Å². The van der Waals surface area contributed by atoms with E-state index in [1.54, 1.807) is 0 Å². The predicted molar refractivity (Wildman–Crippen MR) is 91.6 cm³/mol. The fourth-order valence-corrected chi connectivity index (χ4v) is 4.29. The summed E-state index contributed by atoms with van der Waals surface area (Å²) in [7, 11) is 0. The highest BCUT2D eigenvalue weighted by molar-refractivity contribution is 6.35. The molecule has 21 heavy (non-hydrogen) atoms. The minimum atomic E-state index is 0.505. The van der Waals surface area contributed by atoms with E-state index in [4.69, 9.17) is 23.2 Å². The zero-order valence-electron chi connectivity index (χ0n) is 12.6. The van der Waals surface area contributed by atoms with Gasteiger partial charge in [0.25, 0.3) is 0 Å². The van der Waals surface area contributed by atoms with Crippen LogP contribution in [0.3, 0.4) is 0 Å². The summed E-state index contributed by atoms with van der Waals surface area (Å²) < 4.78 is 0. The van der Waals surface area contributed by atoms with Crippen molar-refractivity contribution in [3.8, 4) is 0 Å². The van der Waals surface area contributed by atoms with E-state index in [-0.39, 0.29) is 0 Å². The lowest BCUT2D eigenvalue weighted by atomic mass is 9.79. The number of benzene rings is 1. The molecule has 116 valence electrons. The highest BCUT2D eigenvalue weighted by atomic mass is 35.5. The maximum Gasteiger partial charge on any atom is 0.0641 e. The van der Waals surface area contributed by atoms with Crippen molar-refractivity contribution in [3.05, 3.63) is 27.7 Å². The Bertz CT molecular complexity index is 498. The topological polar surface area (TPSA) is 24.1 Å². The normalized spacial score (nSPS) is 29.6. The van der Waals surface area contributed by atoms with Crippen LogP contribution in [-0.2, 0) is 0 Å². The molecule has 1 saturated heterocycles. The Kier molecular flexibility index (Phi) is 4.98. The molecular weight excluding hydrogens is 303 g/mol. The molecule has 1 aliphatic carbocycles. The molecule has 0 aromatic heterocycles. The van der Waals surface area contributed by atoms with Crippen LogP contribution in [0, 0.1) is 12.8 Å². The van der Waals surface area contributed by atoms with Crippen LogP contribution in [0.5, 0.6) is 0 Å². The summed E-state index contributed by atoms with van der Waals surface area (Å²) in [6, 6.07) is 5.11. The zero-order valence-corrected chi connectivity index (χ0v) is 14.1. The number of hydrogen-bond acceptors (Lipinski definition) is 2. The van der Waals surface area contributed by atoms with Crippen LogP contribution in [0.4, 0.5) is 5.69 Å². The van der Waals surface area contributed by atoms with Gasteiger partial charge in [0.05, 0.1) is 10.7 Å². The smallest absolute Gasteiger partial charge is 0.0641 e. The summed E-state index contributed by atoms with van der Waals surface area (Å²) in [5.41, 5.74) is 2.02. The van der Waals surface area contributed by atoms with Gasteiger partial charge in [0.2, 0.25) is 0 Å². The molecule has 0 spiro atoms. The molecule has 2 aliphatic rings. The molecule has 2 nitrogen and oxygen atoms in total. The molecule has 1 heterocycles. The number of rotatable bonds is 3. The number of anilines is 1. The van der Waals surface area contributed by atoms with Crippen molar-refractivity contribution >= 4 is 28.9 Å². The van der Waals surface area contributed by atoms with Crippen molar-refractivity contribution in [2.24, 2.45) is 5.92 Å². The third-order valence-electron chi connectivity index (χ3n) is 5.02. The average molecular weight is 327 g/mol. The number of nitrogens with one attached hydrogen (secondary N) is 2. The molecule has 3 atom stereocenters. The second-order valence-electron chi connectivity index (χ2n) is 6.48. The Morgan fingerprint density at radius 3 is 2.62 bits per heavy atom. The van der Waals surface area contributed by atoms with Crippen molar-refractivity contribution in [1.82, 2.24) is 5.32 Å². The average Bonchev–Trinajstić information content (AvgIpc) is 2.99. The van der Waals surface area contributed by atoms with E-state index in [2.05, 4.69) is 10.6 Å². The highest BCUT2D eigenvalue weighted by Gasteiger charge is 2.33. The van der Waals surface area contributed by atoms with Crippen LogP contribution in [0.25, 0.3) is 0 Å². The molecule has 3 unspecified atom stereocenters. The first-order valence-electron chi connectivity index (χ1n) is 8.10. The lowest BCUT2D eigenvalue weighted by Gasteiger charge is -2.37. The highest BCUT2D eigenvalue weighted by Crippen LogP contribution is 2.35. The van der Waals surface area contributed by atoms with Crippen molar-refractivity contribution in [1.29, 1.82) is 0 Å². The van der Waals surface area contributed by atoms with E-state index in [9.17, 15) is 0 Å². The van der Waals surface area contributed by atoms with Crippen molar-refractivity contribution in [2.45, 2.75) is 57.5 Å². The Labute approximate surface area is 137 Å². The van der Waals surface area contributed by atoms with Gasteiger partial charge in [0.1, 0.15) is 0 Å². The first-order valence-corrected chi connectivity index (χ1v) is 8.86. The van der Waals surface area contributed by atoms with Gasteiger partial charge >= 0.3 is 0 Å². The largest absolute Gasteiger partial charge is 0.381 e. The molecule has 1 aliphatic heterocycles. The quantitative estimate of drug-likeness (QED) is 0.814. The summed E-state index contributed by atoms with van der Waals surface area (Å²) in [5.74, 6) is 0.706. The van der Waals surface area contributed by atoms with Crippen molar-refractivity contribution < 1.29 is 0 Å². The third kappa shape index (κ3) is 3.49. The Morgan fingerprint density at radius 1 is 1.05 bits per heavy atom. The summed E-state index contributed by atoms with van der Waals surface area (Å²) in [5, 5.41) is 8.93. The first-order chi connectivity index (χ1) is 10.1. The minimum Gasteiger partial charge on any atom is -0.381 e. The maximum atomic E-state index is 6.39. The van der Waals surface area contributed by atoms with Crippen LogP contribution < -0.4 is 10.6 Å². The lowest BCUT2D eigenvalue weighted by Crippen LogP contribution is -2.43. The van der Waals surface area contributed by atoms with E-state index in [0.717, 1.165) is 21.3 Å². The summed E-state index contributed by atoms with van der Waals surface area (Å²) >= 11 is 12.6. The molecule has 1 aromatic carbocycles. The predicted octanol–water partition coefficient (Wildman–Crippen LogP) is 5.02. The Balaban J connectivity index is 1.76. The molecule has 2 N–H and O–H groups in total. The van der Waals surface area contributed by atoms with Gasteiger partial charge in [-0.2, -0.15) is 0 Å². The van der Waals surface area contributed by atoms with Crippen molar-refractivity contribution in [2.75, 3.05) is 11.9 Å².